The fraction of sp³-hybridized carbons (Fsp3) is 0.773. The van der Waals surface area contributed by atoms with Gasteiger partial charge in [-0.2, -0.15) is 0 Å². The summed E-state index contributed by atoms with van der Waals surface area (Å²) < 4.78 is 11.2. The molecule has 3 rings (SSSR count). The van der Waals surface area contributed by atoms with Crippen molar-refractivity contribution in [2.45, 2.75) is 51.7 Å². The summed E-state index contributed by atoms with van der Waals surface area (Å²) >= 11 is 1.85. The Kier molecular flexibility index (Phi) is 9.73. The molecule has 1 aromatic rings. The van der Waals surface area contributed by atoms with Gasteiger partial charge in [-0.3, -0.25) is 9.89 Å². The molecule has 0 saturated carbocycles. The highest BCUT2D eigenvalue weighted by Gasteiger charge is 2.25. The summed E-state index contributed by atoms with van der Waals surface area (Å²) in [4.78, 5) is 8.98. The first-order chi connectivity index (χ1) is 14.3. The Morgan fingerprint density at radius 3 is 2.90 bits per heavy atom. The van der Waals surface area contributed by atoms with Crippen molar-refractivity contribution in [1.82, 2.24) is 15.5 Å². The van der Waals surface area contributed by atoms with Crippen LogP contribution in [0.2, 0.25) is 0 Å². The number of thiophene rings is 1. The molecule has 164 valence electrons. The Bertz CT molecular complexity index is 582. The van der Waals surface area contributed by atoms with Gasteiger partial charge >= 0.3 is 0 Å². The van der Waals surface area contributed by atoms with Crippen molar-refractivity contribution in [2.24, 2.45) is 10.9 Å². The quantitative estimate of drug-likeness (QED) is 0.344. The second-order valence-electron chi connectivity index (χ2n) is 8.11. The van der Waals surface area contributed by atoms with Crippen LogP contribution in [0.4, 0.5) is 0 Å². The van der Waals surface area contributed by atoms with Crippen molar-refractivity contribution < 1.29 is 9.47 Å². The average molecular weight is 423 g/mol. The van der Waals surface area contributed by atoms with Crippen LogP contribution in [-0.2, 0) is 9.47 Å². The lowest BCUT2D eigenvalue weighted by Gasteiger charge is -2.35. The van der Waals surface area contributed by atoms with Crippen molar-refractivity contribution in [3.8, 4) is 0 Å². The zero-order chi connectivity index (χ0) is 20.3. The molecule has 2 fully saturated rings. The molecule has 0 aliphatic carbocycles. The third kappa shape index (κ3) is 7.55. The van der Waals surface area contributed by atoms with Gasteiger partial charge in [-0.1, -0.05) is 13.0 Å². The van der Waals surface area contributed by atoms with Crippen molar-refractivity contribution in [1.29, 1.82) is 0 Å². The van der Waals surface area contributed by atoms with E-state index in [1.54, 1.807) is 0 Å². The van der Waals surface area contributed by atoms with E-state index in [0.717, 1.165) is 64.2 Å². The van der Waals surface area contributed by atoms with Crippen LogP contribution in [0.25, 0.3) is 0 Å². The molecule has 2 unspecified atom stereocenters. The van der Waals surface area contributed by atoms with Gasteiger partial charge in [0, 0.05) is 31.2 Å². The predicted octanol–water partition coefficient (Wildman–Crippen LogP) is 3.27. The monoisotopic (exact) mass is 422 g/mol. The Labute approximate surface area is 180 Å². The van der Waals surface area contributed by atoms with Gasteiger partial charge in [0.1, 0.15) is 0 Å². The van der Waals surface area contributed by atoms with E-state index < -0.39 is 0 Å². The zero-order valence-corrected chi connectivity index (χ0v) is 18.9. The average Bonchev–Trinajstić information content (AvgIpc) is 3.43. The lowest BCUT2D eigenvalue weighted by atomic mass is 9.97. The minimum absolute atomic E-state index is 0.288. The van der Waals surface area contributed by atoms with E-state index in [-0.39, 0.29) is 6.10 Å². The summed E-state index contributed by atoms with van der Waals surface area (Å²) in [5.74, 6) is 1.75. The molecule has 0 radical (unpaired) electrons. The van der Waals surface area contributed by atoms with Crippen LogP contribution >= 0.6 is 11.3 Å². The molecule has 0 aromatic carbocycles. The Balaban J connectivity index is 1.48. The first kappa shape index (κ1) is 22.5. The molecule has 2 atom stereocenters. The van der Waals surface area contributed by atoms with E-state index in [0.29, 0.717) is 6.04 Å². The smallest absolute Gasteiger partial charge is 0.191 e. The minimum atomic E-state index is 0.288. The molecule has 2 aliphatic heterocycles. The van der Waals surface area contributed by atoms with Crippen LogP contribution in [0, 0.1) is 5.92 Å². The number of ether oxygens (including phenoxy) is 2. The maximum atomic E-state index is 5.85. The van der Waals surface area contributed by atoms with E-state index in [9.17, 15) is 0 Å². The third-order valence-electron chi connectivity index (χ3n) is 5.75. The van der Waals surface area contributed by atoms with E-state index in [4.69, 9.17) is 14.5 Å². The van der Waals surface area contributed by atoms with Crippen LogP contribution in [0.15, 0.2) is 22.5 Å². The van der Waals surface area contributed by atoms with E-state index in [2.05, 4.69) is 46.9 Å². The molecule has 2 saturated heterocycles. The van der Waals surface area contributed by atoms with Crippen LogP contribution < -0.4 is 10.6 Å². The highest BCUT2D eigenvalue weighted by atomic mass is 32.1. The molecule has 2 aliphatic rings. The Morgan fingerprint density at radius 2 is 2.21 bits per heavy atom. The van der Waals surface area contributed by atoms with Crippen molar-refractivity contribution in [3.63, 3.8) is 0 Å². The second-order valence-corrected chi connectivity index (χ2v) is 9.09. The number of nitrogens with zero attached hydrogens (tertiary/aromatic N) is 2. The van der Waals surface area contributed by atoms with E-state index >= 15 is 0 Å². The molecule has 3 heterocycles. The molecule has 0 bridgehead atoms. The number of hydrogen-bond donors (Lipinski definition) is 2. The molecule has 0 amide bonds. The summed E-state index contributed by atoms with van der Waals surface area (Å²) in [5, 5.41) is 9.04. The second kappa shape index (κ2) is 12.5. The highest BCUT2D eigenvalue weighted by molar-refractivity contribution is 7.10. The number of rotatable bonds is 10. The number of nitrogens with one attached hydrogen (secondary N) is 2. The zero-order valence-electron chi connectivity index (χ0n) is 18.1. The van der Waals surface area contributed by atoms with Crippen LogP contribution in [0.1, 0.15) is 50.4 Å². The molecule has 1 aromatic heterocycles. The first-order valence-corrected chi connectivity index (χ1v) is 12.1. The van der Waals surface area contributed by atoms with Gasteiger partial charge in [-0.25, -0.2) is 0 Å². The lowest BCUT2D eigenvalue weighted by Crippen LogP contribution is -2.40. The molecule has 29 heavy (non-hydrogen) atoms. The Hall–Kier alpha value is -1.15. The summed E-state index contributed by atoms with van der Waals surface area (Å²) in [7, 11) is 0. The molecule has 2 N–H and O–H groups in total. The summed E-state index contributed by atoms with van der Waals surface area (Å²) in [5.41, 5.74) is 0. The fourth-order valence-corrected chi connectivity index (χ4v) is 4.75. The Morgan fingerprint density at radius 1 is 1.34 bits per heavy atom. The maximum Gasteiger partial charge on any atom is 0.191 e. The maximum absolute atomic E-state index is 5.85. The largest absolute Gasteiger partial charge is 0.379 e. The molecule has 7 heteroatoms. The standard InChI is InChI=1S/C22H38N4O2S/c1-3-23-22(24-10-5-13-28-19-9-14-27-17-19)25-16-20(21-6-4-15-29-21)26-11-7-18(2)8-12-26/h4,6,15,18-20H,3,5,7-14,16-17H2,1-2H3,(H2,23,24,25). The number of hydrogen-bond acceptors (Lipinski definition) is 5. The fourth-order valence-electron chi connectivity index (χ4n) is 3.90. The van der Waals surface area contributed by atoms with Gasteiger partial charge in [0.2, 0.25) is 0 Å². The van der Waals surface area contributed by atoms with Gasteiger partial charge < -0.3 is 20.1 Å². The van der Waals surface area contributed by atoms with E-state index in [1.165, 1.54) is 30.8 Å². The topological polar surface area (TPSA) is 58.1 Å². The van der Waals surface area contributed by atoms with Crippen LogP contribution in [0.5, 0.6) is 0 Å². The third-order valence-corrected chi connectivity index (χ3v) is 6.73. The molecular formula is C22H38N4O2S. The summed E-state index contributed by atoms with van der Waals surface area (Å²) in [6.45, 7) is 11.7. The number of likely N-dealkylation sites (tertiary alicyclic amines) is 1. The van der Waals surface area contributed by atoms with Crippen molar-refractivity contribution in [2.75, 3.05) is 52.5 Å². The van der Waals surface area contributed by atoms with Crippen molar-refractivity contribution in [3.05, 3.63) is 22.4 Å². The number of piperidine rings is 1. The summed E-state index contributed by atoms with van der Waals surface area (Å²) in [6, 6.07) is 4.79. The van der Waals surface area contributed by atoms with Gasteiger partial charge in [0.05, 0.1) is 25.3 Å². The van der Waals surface area contributed by atoms with E-state index in [1.807, 2.05) is 11.3 Å². The summed E-state index contributed by atoms with van der Waals surface area (Å²) in [6.07, 6.45) is 4.86. The molecule has 6 nitrogen and oxygen atoms in total. The normalized spacial score (nSPS) is 22.7. The van der Waals surface area contributed by atoms with Crippen LogP contribution in [0.3, 0.4) is 0 Å². The minimum Gasteiger partial charge on any atom is -0.379 e. The lowest BCUT2D eigenvalue weighted by molar-refractivity contribution is 0.0420. The van der Waals surface area contributed by atoms with Gasteiger partial charge in [-0.05, 0) is 63.1 Å². The SMILES string of the molecule is CCNC(=NCC(c1cccs1)N1CCC(C)CC1)NCCCOC1CCOC1. The highest BCUT2D eigenvalue weighted by Crippen LogP contribution is 2.29. The van der Waals surface area contributed by atoms with Gasteiger partial charge in [-0.15, -0.1) is 11.3 Å². The first-order valence-electron chi connectivity index (χ1n) is 11.2. The molecule has 0 spiro atoms. The number of aliphatic imine (C=N–C) groups is 1. The number of guanidine groups is 1. The molecular weight excluding hydrogens is 384 g/mol. The predicted molar refractivity (Wildman–Crippen MR) is 121 cm³/mol. The van der Waals surface area contributed by atoms with Gasteiger partial charge in [0.15, 0.2) is 5.96 Å². The van der Waals surface area contributed by atoms with Gasteiger partial charge in [0.25, 0.3) is 0 Å². The van der Waals surface area contributed by atoms with Crippen LogP contribution in [-0.4, -0.2) is 69.5 Å². The van der Waals surface area contributed by atoms with Crippen molar-refractivity contribution >= 4 is 17.3 Å².